The van der Waals surface area contributed by atoms with E-state index < -0.39 is 11.4 Å². The molecule has 0 bridgehead atoms. The Kier molecular flexibility index (Phi) is 4.66. The van der Waals surface area contributed by atoms with Gasteiger partial charge in [0.15, 0.2) is 0 Å². The highest BCUT2D eigenvalue weighted by Gasteiger charge is 2.44. The number of carbonyl (C=O) groups excluding carboxylic acids is 1. The maximum absolute atomic E-state index is 11.7. The van der Waals surface area contributed by atoms with Gasteiger partial charge >= 0.3 is 12.0 Å². The van der Waals surface area contributed by atoms with Gasteiger partial charge in [0.25, 0.3) is 0 Å². The maximum atomic E-state index is 11.7. The van der Waals surface area contributed by atoms with E-state index in [-0.39, 0.29) is 12.6 Å². The van der Waals surface area contributed by atoms with Gasteiger partial charge in [0.05, 0.1) is 5.41 Å². The first kappa shape index (κ1) is 14.2. The van der Waals surface area contributed by atoms with Crippen LogP contribution >= 0.6 is 0 Å². The number of carboxylic acids is 1. The number of nitrogens with one attached hydrogen (secondary N) is 2. The number of aliphatic carboxylic acids is 1. The van der Waals surface area contributed by atoms with Crippen LogP contribution in [0.25, 0.3) is 0 Å². The minimum Gasteiger partial charge on any atom is -0.481 e. The molecule has 0 aliphatic heterocycles. The van der Waals surface area contributed by atoms with Crippen LogP contribution in [0.4, 0.5) is 4.79 Å². The van der Waals surface area contributed by atoms with Gasteiger partial charge in [-0.3, -0.25) is 4.79 Å². The van der Waals surface area contributed by atoms with E-state index in [1.807, 2.05) is 0 Å². The molecule has 2 aliphatic carbocycles. The number of carboxylic acid groups (broad SMARTS) is 1. The Bertz CT molecular complexity index is 334. The molecule has 0 aromatic rings. The van der Waals surface area contributed by atoms with Crippen LogP contribution in [0.3, 0.4) is 0 Å². The number of rotatable bonds is 5. The highest BCUT2D eigenvalue weighted by Crippen LogP contribution is 2.40. The highest BCUT2D eigenvalue weighted by molar-refractivity contribution is 5.78. The van der Waals surface area contributed by atoms with E-state index in [0.29, 0.717) is 25.3 Å². The molecule has 0 radical (unpaired) electrons. The van der Waals surface area contributed by atoms with Gasteiger partial charge in [-0.2, -0.15) is 0 Å². The fraction of sp³-hybridized carbons (Fsp3) is 0.857. The molecular formula is C14H24N2O3. The second kappa shape index (κ2) is 6.26. The zero-order valence-corrected chi connectivity index (χ0v) is 11.4. The van der Waals surface area contributed by atoms with E-state index in [2.05, 4.69) is 10.6 Å². The van der Waals surface area contributed by atoms with Crippen molar-refractivity contribution in [3.8, 4) is 0 Å². The largest absolute Gasteiger partial charge is 0.481 e. The van der Waals surface area contributed by atoms with Crippen LogP contribution in [0.15, 0.2) is 0 Å². The molecule has 0 saturated heterocycles. The normalized spacial score (nSPS) is 22.3. The summed E-state index contributed by atoms with van der Waals surface area (Å²) in [6.07, 6.45) is 8.50. The first-order valence-electron chi connectivity index (χ1n) is 7.37. The Hall–Kier alpha value is -1.26. The smallest absolute Gasteiger partial charge is 0.314 e. The van der Waals surface area contributed by atoms with Gasteiger partial charge < -0.3 is 15.7 Å². The van der Waals surface area contributed by atoms with Crippen molar-refractivity contribution in [2.75, 3.05) is 13.1 Å². The number of hydrogen-bond donors (Lipinski definition) is 3. The Balaban J connectivity index is 1.65. The molecule has 0 heterocycles. The van der Waals surface area contributed by atoms with Gasteiger partial charge in [0.2, 0.25) is 0 Å². The number of urea groups is 1. The molecule has 0 aromatic heterocycles. The van der Waals surface area contributed by atoms with Crippen LogP contribution in [0, 0.1) is 11.3 Å². The van der Waals surface area contributed by atoms with Gasteiger partial charge in [-0.05, 0) is 31.6 Å². The lowest BCUT2D eigenvalue weighted by Crippen LogP contribution is -2.50. The number of amides is 2. The molecule has 2 amide bonds. The molecule has 3 N–H and O–H groups in total. The van der Waals surface area contributed by atoms with Crippen LogP contribution in [0.2, 0.25) is 0 Å². The lowest BCUT2D eigenvalue weighted by Gasteiger charge is -2.37. The maximum Gasteiger partial charge on any atom is 0.314 e. The predicted molar refractivity (Wildman–Crippen MR) is 71.9 cm³/mol. The lowest BCUT2D eigenvalue weighted by molar-refractivity contribution is -0.153. The minimum absolute atomic E-state index is 0.224. The third kappa shape index (κ3) is 3.61. The molecule has 0 spiro atoms. The van der Waals surface area contributed by atoms with E-state index in [1.54, 1.807) is 0 Å². The van der Waals surface area contributed by atoms with Gasteiger partial charge in [-0.25, -0.2) is 4.79 Å². The zero-order chi connectivity index (χ0) is 13.7. The summed E-state index contributed by atoms with van der Waals surface area (Å²) in [5.74, 6) is -0.192. The average Bonchev–Trinajstić information content (AvgIpc) is 2.36. The van der Waals surface area contributed by atoms with Crippen LogP contribution in [-0.4, -0.2) is 30.2 Å². The molecule has 2 aliphatic rings. The number of hydrogen-bond acceptors (Lipinski definition) is 2. The van der Waals surface area contributed by atoms with Crippen molar-refractivity contribution in [2.45, 2.75) is 51.4 Å². The quantitative estimate of drug-likeness (QED) is 0.714. The topological polar surface area (TPSA) is 78.4 Å². The van der Waals surface area contributed by atoms with Crippen LogP contribution in [-0.2, 0) is 4.79 Å². The van der Waals surface area contributed by atoms with E-state index in [9.17, 15) is 9.59 Å². The standard InChI is InChI=1S/C14H24N2O3/c17-12(18)14(7-4-8-14)10-16-13(19)15-9-11-5-2-1-3-6-11/h11H,1-10H2,(H,17,18)(H2,15,16,19). The van der Waals surface area contributed by atoms with E-state index in [0.717, 1.165) is 6.42 Å². The second-order valence-electron chi connectivity index (χ2n) is 6.01. The van der Waals surface area contributed by atoms with E-state index >= 15 is 0 Å². The summed E-state index contributed by atoms with van der Waals surface area (Å²) in [7, 11) is 0. The Morgan fingerprint density at radius 2 is 1.74 bits per heavy atom. The summed E-state index contributed by atoms with van der Waals surface area (Å²) >= 11 is 0. The first-order valence-corrected chi connectivity index (χ1v) is 7.37. The predicted octanol–water partition coefficient (Wildman–Crippen LogP) is 2.12. The summed E-state index contributed by atoms with van der Waals surface area (Å²) in [5.41, 5.74) is -0.706. The molecule has 108 valence electrons. The lowest BCUT2D eigenvalue weighted by atomic mass is 9.69. The fourth-order valence-corrected chi connectivity index (χ4v) is 3.01. The van der Waals surface area contributed by atoms with Crippen molar-refractivity contribution in [2.24, 2.45) is 11.3 Å². The minimum atomic E-state index is -0.786. The molecule has 0 unspecified atom stereocenters. The first-order chi connectivity index (χ1) is 9.12. The van der Waals surface area contributed by atoms with Crippen molar-refractivity contribution in [1.82, 2.24) is 10.6 Å². The van der Waals surface area contributed by atoms with Crippen molar-refractivity contribution < 1.29 is 14.7 Å². The highest BCUT2D eigenvalue weighted by atomic mass is 16.4. The van der Waals surface area contributed by atoms with Gasteiger partial charge in [-0.1, -0.05) is 25.7 Å². The summed E-state index contributed by atoms with van der Waals surface area (Å²) in [5, 5.41) is 14.7. The Labute approximate surface area is 114 Å². The van der Waals surface area contributed by atoms with Crippen molar-refractivity contribution in [1.29, 1.82) is 0 Å². The van der Waals surface area contributed by atoms with Gasteiger partial charge in [-0.15, -0.1) is 0 Å². The summed E-state index contributed by atoms with van der Waals surface area (Å²) in [6, 6.07) is -0.224. The third-order valence-electron chi connectivity index (χ3n) is 4.63. The Morgan fingerprint density at radius 3 is 2.26 bits per heavy atom. The van der Waals surface area contributed by atoms with Crippen LogP contribution < -0.4 is 10.6 Å². The van der Waals surface area contributed by atoms with E-state index in [1.165, 1.54) is 32.1 Å². The van der Waals surface area contributed by atoms with Gasteiger partial charge in [0, 0.05) is 13.1 Å². The third-order valence-corrected chi connectivity index (χ3v) is 4.63. The molecule has 2 fully saturated rings. The number of carbonyl (C=O) groups is 2. The van der Waals surface area contributed by atoms with Crippen molar-refractivity contribution >= 4 is 12.0 Å². The molecule has 0 atom stereocenters. The van der Waals surface area contributed by atoms with Gasteiger partial charge in [0.1, 0.15) is 0 Å². The SMILES string of the molecule is O=C(NCC1CCCCC1)NCC1(C(=O)O)CCC1. The molecular weight excluding hydrogens is 244 g/mol. The summed E-state index contributed by atoms with van der Waals surface area (Å²) < 4.78 is 0. The van der Waals surface area contributed by atoms with Crippen LogP contribution in [0.1, 0.15) is 51.4 Å². The summed E-state index contributed by atoms with van der Waals surface area (Å²) in [4.78, 5) is 22.8. The molecule has 0 aromatic carbocycles. The zero-order valence-electron chi connectivity index (χ0n) is 11.4. The van der Waals surface area contributed by atoms with Crippen molar-refractivity contribution in [3.63, 3.8) is 0 Å². The second-order valence-corrected chi connectivity index (χ2v) is 6.01. The summed E-state index contributed by atoms with van der Waals surface area (Å²) in [6.45, 7) is 0.963. The fourth-order valence-electron chi connectivity index (χ4n) is 3.01. The molecule has 5 nitrogen and oxygen atoms in total. The van der Waals surface area contributed by atoms with Crippen molar-refractivity contribution in [3.05, 3.63) is 0 Å². The Morgan fingerprint density at radius 1 is 1.05 bits per heavy atom. The molecule has 5 heteroatoms. The van der Waals surface area contributed by atoms with E-state index in [4.69, 9.17) is 5.11 Å². The monoisotopic (exact) mass is 268 g/mol. The molecule has 19 heavy (non-hydrogen) atoms. The molecule has 2 rings (SSSR count). The average molecular weight is 268 g/mol. The van der Waals surface area contributed by atoms with Crippen LogP contribution in [0.5, 0.6) is 0 Å². The molecule has 2 saturated carbocycles.